The molecule has 0 saturated carbocycles. The highest BCUT2D eigenvalue weighted by Gasteiger charge is 2.17. The zero-order chi connectivity index (χ0) is 15.0. The first-order valence-corrected chi connectivity index (χ1v) is 6.40. The van der Waals surface area contributed by atoms with Crippen LogP contribution in [0.4, 0.5) is 0 Å². The molecule has 2 N–H and O–H groups in total. The number of benzene rings is 2. The molecule has 6 nitrogen and oxygen atoms in total. The minimum Gasteiger partial charge on any atom is -0.594 e. The highest BCUT2D eigenvalue weighted by atomic mass is 35.5. The number of fused-ring (bicyclic) bond motifs is 1. The molecule has 3 rings (SSSR count). The third-order valence-corrected chi connectivity index (χ3v) is 3.24. The second-order valence-corrected chi connectivity index (χ2v) is 4.79. The number of amides is 1. The molecule has 0 fully saturated rings. The number of halogens is 1. The van der Waals surface area contributed by atoms with E-state index in [4.69, 9.17) is 17.3 Å². The van der Waals surface area contributed by atoms with Gasteiger partial charge in [-0.1, -0.05) is 17.7 Å². The second-order valence-electron chi connectivity index (χ2n) is 4.35. The van der Waals surface area contributed by atoms with Gasteiger partial charge in [0, 0.05) is 21.8 Å². The molecular formula is C14H9ClN4O2. The fraction of sp³-hybridized carbons (Fsp3) is 0. The first kappa shape index (κ1) is 13.3. The summed E-state index contributed by atoms with van der Waals surface area (Å²) >= 11 is 5.82. The van der Waals surface area contributed by atoms with Gasteiger partial charge >= 0.3 is 0 Å². The number of primary amides is 1. The summed E-state index contributed by atoms with van der Waals surface area (Å²) < 4.78 is 0. The molecule has 7 heteroatoms. The van der Waals surface area contributed by atoms with E-state index in [1.807, 2.05) is 0 Å². The number of hydrogen-bond acceptors (Lipinski definition) is 4. The Morgan fingerprint density at radius 3 is 2.57 bits per heavy atom. The van der Waals surface area contributed by atoms with Crippen LogP contribution in [0.2, 0.25) is 5.02 Å². The number of aromatic nitrogens is 3. The molecule has 0 aliphatic rings. The Labute approximate surface area is 124 Å². The number of carbonyl (C=O) groups excluding carboxylic acids is 1. The lowest BCUT2D eigenvalue weighted by Gasteiger charge is -2.05. The lowest BCUT2D eigenvalue weighted by molar-refractivity contribution is -0.642. The first-order chi connectivity index (χ1) is 10.1. The maximum Gasteiger partial charge on any atom is 0.271 e. The average Bonchev–Trinajstić information content (AvgIpc) is 2.47. The van der Waals surface area contributed by atoms with Gasteiger partial charge in [0.15, 0.2) is 5.52 Å². The molecule has 0 spiro atoms. The van der Waals surface area contributed by atoms with Crippen molar-refractivity contribution in [3.05, 3.63) is 58.3 Å². The van der Waals surface area contributed by atoms with Gasteiger partial charge in [0.1, 0.15) is 0 Å². The van der Waals surface area contributed by atoms with Crippen LogP contribution >= 0.6 is 11.6 Å². The van der Waals surface area contributed by atoms with Crippen molar-refractivity contribution in [2.24, 2.45) is 5.73 Å². The normalized spacial score (nSPS) is 10.7. The van der Waals surface area contributed by atoms with Gasteiger partial charge in [-0.25, -0.2) is 4.98 Å². The lowest BCUT2D eigenvalue weighted by atomic mass is 10.1. The maximum absolute atomic E-state index is 12.0. The predicted molar refractivity (Wildman–Crippen MR) is 77.5 cm³/mol. The molecule has 0 radical (unpaired) electrons. The summed E-state index contributed by atoms with van der Waals surface area (Å²) in [5.74, 6) is -0.454. The Hall–Kier alpha value is -2.73. The monoisotopic (exact) mass is 300 g/mol. The van der Waals surface area contributed by atoms with Gasteiger partial charge in [-0.2, -0.15) is 0 Å². The van der Waals surface area contributed by atoms with E-state index in [0.29, 0.717) is 15.4 Å². The first-order valence-electron chi connectivity index (χ1n) is 6.02. The molecule has 21 heavy (non-hydrogen) atoms. The van der Waals surface area contributed by atoms with E-state index in [1.165, 1.54) is 12.1 Å². The largest absolute Gasteiger partial charge is 0.594 e. The molecule has 1 amide bonds. The van der Waals surface area contributed by atoms with Crippen molar-refractivity contribution in [3.8, 4) is 11.4 Å². The number of hydrogen-bond donors (Lipinski definition) is 1. The average molecular weight is 301 g/mol. The Bertz CT molecular complexity index is 849. The fourth-order valence-corrected chi connectivity index (χ4v) is 2.12. The molecular weight excluding hydrogens is 292 g/mol. The summed E-state index contributed by atoms with van der Waals surface area (Å²) in [5.41, 5.74) is 6.51. The van der Waals surface area contributed by atoms with E-state index in [0.717, 1.165) is 0 Å². The van der Waals surface area contributed by atoms with Crippen LogP contribution in [0.25, 0.3) is 22.4 Å². The Morgan fingerprint density at radius 2 is 1.90 bits per heavy atom. The van der Waals surface area contributed by atoms with Gasteiger partial charge in [0.05, 0.1) is 5.56 Å². The number of carbonyl (C=O) groups is 1. The van der Waals surface area contributed by atoms with E-state index in [9.17, 15) is 10.0 Å². The topological polar surface area (TPSA) is 95.8 Å². The third-order valence-electron chi connectivity index (χ3n) is 2.99. The van der Waals surface area contributed by atoms with Crippen LogP contribution in [-0.4, -0.2) is 16.0 Å². The summed E-state index contributed by atoms with van der Waals surface area (Å²) in [4.78, 5) is 16.2. The number of nitrogens with zero attached hydrogens (tertiary/aromatic N) is 3. The standard InChI is InChI=1S/C14H9ClN4O2/c15-9-6-4-8(5-7-9)14-17-12-10(13(16)20)2-1-3-11(12)19(21)18-14/h1-7H,(H2,16,20). The van der Waals surface area contributed by atoms with Crippen molar-refractivity contribution in [3.63, 3.8) is 0 Å². The molecule has 0 atom stereocenters. The number of rotatable bonds is 2. The molecule has 3 aromatic rings. The minimum absolute atomic E-state index is 0.176. The van der Waals surface area contributed by atoms with Crippen molar-refractivity contribution in [2.75, 3.05) is 0 Å². The summed E-state index contributed by atoms with van der Waals surface area (Å²) in [6.07, 6.45) is 0. The third kappa shape index (κ3) is 2.36. The van der Waals surface area contributed by atoms with Crippen LogP contribution in [-0.2, 0) is 0 Å². The van der Waals surface area contributed by atoms with Crippen molar-refractivity contribution < 1.29 is 9.64 Å². The van der Waals surface area contributed by atoms with E-state index in [-0.39, 0.29) is 22.4 Å². The van der Waals surface area contributed by atoms with Crippen LogP contribution < -0.4 is 10.6 Å². The van der Waals surface area contributed by atoms with Gasteiger partial charge in [-0.3, -0.25) is 4.79 Å². The summed E-state index contributed by atoms with van der Waals surface area (Å²) in [5, 5.41) is 16.4. The second kappa shape index (κ2) is 4.99. The van der Waals surface area contributed by atoms with E-state index in [1.54, 1.807) is 30.3 Å². The van der Waals surface area contributed by atoms with Gasteiger partial charge in [-0.15, -0.1) is 0 Å². The molecule has 2 aromatic carbocycles. The summed E-state index contributed by atoms with van der Waals surface area (Å²) in [7, 11) is 0. The molecule has 0 aliphatic heterocycles. The lowest BCUT2D eigenvalue weighted by Crippen LogP contribution is -2.33. The SMILES string of the molecule is NC(=O)c1cccc2c1nc(-c1ccc(Cl)cc1)n[n+]2[O-]. The van der Waals surface area contributed by atoms with Crippen molar-refractivity contribution >= 4 is 28.5 Å². The molecule has 104 valence electrons. The Kier molecular flexibility index (Phi) is 3.15. The van der Waals surface area contributed by atoms with Gasteiger partial charge < -0.3 is 10.9 Å². The fourth-order valence-electron chi connectivity index (χ4n) is 1.99. The van der Waals surface area contributed by atoms with Crippen LogP contribution in [0.3, 0.4) is 0 Å². The van der Waals surface area contributed by atoms with Crippen molar-refractivity contribution in [1.29, 1.82) is 0 Å². The van der Waals surface area contributed by atoms with Crippen molar-refractivity contribution in [2.45, 2.75) is 0 Å². The number of nitrogens with two attached hydrogens (primary N) is 1. The van der Waals surface area contributed by atoms with Crippen LogP contribution in [0.5, 0.6) is 0 Å². The molecule has 0 unspecified atom stereocenters. The predicted octanol–water partition coefficient (Wildman–Crippen LogP) is 1.68. The smallest absolute Gasteiger partial charge is 0.271 e. The summed E-state index contributed by atoms with van der Waals surface area (Å²) in [6.45, 7) is 0. The zero-order valence-corrected chi connectivity index (χ0v) is 11.4. The van der Waals surface area contributed by atoms with E-state index >= 15 is 0 Å². The van der Waals surface area contributed by atoms with Gasteiger partial charge in [-0.05, 0) is 35.2 Å². The molecule has 0 aliphatic carbocycles. The molecule has 1 heterocycles. The van der Waals surface area contributed by atoms with Crippen molar-refractivity contribution in [1.82, 2.24) is 10.1 Å². The molecule has 0 bridgehead atoms. The van der Waals surface area contributed by atoms with Crippen LogP contribution in [0, 0.1) is 5.21 Å². The van der Waals surface area contributed by atoms with Crippen LogP contribution in [0.1, 0.15) is 10.4 Å². The van der Waals surface area contributed by atoms with Gasteiger partial charge in [0.25, 0.3) is 11.4 Å². The zero-order valence-electron chi connectivity index (χ0n) is 10.7. The highest BCUT2D eigenvalue weighted by molar-refractivity contribution is 6.30. The number of para-hydroxylation sites is 1. The summed E-state index contributed by atoms with van der Waals surface area (Å²) in [6, 6.07) is 11.3. The maximum atomic E-state index is 12.0. The van der Waals surface area contributed by atoms with E-state index in [2.05, 4.69) is 10.1 Å². The van der Waals surface area contributed by atoms with Crippen LogP contribution in [0.15, 0.2) is 42.5 Å². The molecule has 0 saturated heterocycles. The minimum atomic E-state index is -0.652. The highest BCUT2D eigenvalue weighted by Crippen LogP contribution is 2.20. The Morgan fingerprint density at radius 1 is 1.19 bits per heavy atom. The quantitative estimate of drug-likeness (QED) is 0.575. The van der Waals surface area contributed by atoms with Gasteiger partial charge in [0.2, 0.25) is 5.82 Å². The molecule has 1 aromatic heterocycles. The van der Waals surface area contributed by atoms with E-state index < -0.39 is 5.91 Å². The Balaban J connectivity index is 2.28.